The van der Waals surface area contributed by atoms with E-state index in [9.17, 15) is 9.59 Å². The molecular formula is C14H19N3O2. The lowest BCUT2D eigenvalue weighted by Crippen LogP contribution is -2.38. The molecule has 0 bridgehead atoms. The molecule has 102 valence electrons. The number of para-hydroxylation sites is 1. The number of hydrogen-bond donors (Lipinski definition) is 2. The SMILES string of the molecule is Cc1cccc(C(=O)NCC(=O)N2CCCC2)c1N. The van der Waals surface area contributed by atoms with Gasteiger partial charge in [-0.3, -0.25) is 9.59 Å². The average molecular weight is 261 g/mol. The van der Waals surface area contributed by atoms with Crippen molar-refractivity contribution in [2.24, 2.45) is 0 Å². The van der Waals surface area contributed by atoms with E-state index in [-0.39, 0.29) is 18.4 Å². The van der Waals surface area contributed by atoms with Crippen LogP contribution in [0.5, 0.6) is 0 Å². The quantitative estimate of drug-likeness (QED) is 0.795. The lowest BCUT2D eigenvalue weighted by Gasteiger charge is -2.16. The molecule has 1 aliphatic heterocycles. The Hall–Kier alpha value is -2.04. The smallest absolute Gasteiger partial charge is 0.253 e. The molecule has 1 aromatic rings. The second-order valence-electron chi connectivity index (χ2n) is 4.81. The molecule has 19 heavy (non-hydrogen) atoms. The maximum Gasteiger partial charge on any atom is 0.253 e. The Bertz CT molecular complexity index is 493. The van der Waals surface area contributed by atoms with Gasteiger partial charge in [0.25, 0.3) is 5.91 Å². The second kappa shape index (κ2) is 5.73. The Balaban J connectivity index is 1.94. The molecule has 5 heteroatoms. The van der Waals surface area contributed by atoms with Crippen LogP contribution in [0, 0.1) is 6.92 Å². The molecule has 0 aliphatic carbocycles. The van der Waals surface area contributed by atoms with Crippen LogP contribution in [0.3, 0.4) is 0 Å². The molecule has 0 saturated carbocycles. The number of amides is 2. The Morgan fingerprint density at radius 3 is 2.68 bits per heavy atom. The summed E-state index contributed by atoms with van der Waals surface area (Å²) in [6.45, 7) is 3.47. The molecule has 1 aromatic carbocycles. The molecule has 1 saturated heterocycles. The molecule has 0 aromatic heterocycles. The highest BCUT2D eigenvalue weighted by Gasteiger charge is 2.19. The molecule has 0 atom stereocenters. The van der Waals surface area contributed by atoms with Crippen molar-refractivity contribution in [3.05, 3.63) is 29.3 Å². The number of nitrogens with two attached hydrogens (primary N) is 1. The van der Waals surface area contributed by atoms with E-state index < -0.39 is 0 Å². The normalized spacial score (nSPS) is 14.5. The van der Waals surface area contributed by atoms with Crippen LogP contribution in [0.4, 0.5) is 5.69 Å². The first-order valence-corrected chi connectivity index (χ1v) is 6.50. The van der Waals surface area contributed by atoms with E-state index in [0.717, 1.165) is 31.5 Å². The summed E-state index contributed by atoms with van der Waals surface area (Å²) in [5, 5.41) is 2.63. The number of nitrogens with one attached hydrogen (secondary N) is 1. The van der Waals surface area contributed by atoms with E-state index in [4.69, 9.17) is 5.73 Å². The van der Waals surface area contributed by atoms with Gasteiger partial charge in [0.2, 0.25) is 5.91 Å². The van der Waals surface area contributed by atoms with Gasteiger partial charge in [-0.2, -0.15) is 0 Å². The maximum atomic E-state index is 12.0. The number of nitrogens with zero attached hydrogens (tertiary/aromatic N) is 1. The van der Waals surface area contributed by atoms with Gasteiger partial charge in [0.1, 0.15) is 0 Å². The number of anilines is 1. The van der Waals surface area contributed by atoms with Gasteiger partial charge < -0.3 is 16.0 Å². The van der Waals surface area contributed by atoms with Crippen LogP contribution in [-0.4, -0.2) is 36.3 Å². The number of nitrogen functional groups attached to an aromatic ring is 1. The third-order valence-electron chi connectivity index (χ3n) is 3.43. The first-order valence-electron chi connectivity index (χ1n) is 6.50. The monoisotopic (exact) mass is 261 g/mol. The van der Waals surface area contributed by atoms with Crippen LogP contribution in [0.1, 0.15) is 28.8 Å². The van der Waals surface area contributed by atoms with E-state index in [1.165, 1.54) is 0 Å². The number of benzene rings is 1. The minimum absolute atomic E-state index is 0.0305. The minimum atomic E-state index is -0.297. The molecule has 0 radical (unpaired) electrons. The molecule has 1 fully saturated rings. The van der Waals surface area contributed by atoms with Crippen molar-refractivity contribution < 1.29 is 9.59 Å². The molecular weight excluding hydrogens is 242 g/mol. The number of likely N-dealkylation sites (tertiary alicyclic amines) is 1. The number of carbonyl (C=O) groups excluding carboxylic acids is 2. The summed E-state index contributed by atoms with van der Waals surface area (Å²) >= 11 is 0. The fourth-order valence-electron chi connectivity index (χ4n) is 2.21. The van der Waals surface area contributed by atoms with E-state index >= 15 is 0 Å². The third kappa shape index (κ3) is 3.05. The van der Waals surface area contributed by atoms with Gasteiger partial charge >= 0.3 is 0 Å². The number of aryl methyl sites for hydroxylation is 1. The van der Waals surface area contributed by atoms with Crippen LogP contribution in [-0.2, 0) is 4.79 Å². The molecule has 2 amide bonds. The van der Waals surface area contributed by atoms with Gasteiger partial charge in [0.05, 0.1) is 12.1 Å². The van der Waals surface area contributed by atoms with Crippen LogP contribution in [0.25, 0.3) is 0 Å². The van der Waals surface area contributed by atoms with Gasteiger partial charge in [0.15, 0.2) is 0 Å². The summed E-state index contributed by atoms with van der Waals surface area (Å²) in [6, 6.07) is 5.29. The van der Waals surface area contributed by atoms with E-state index in [0.29, 0.717) is 11.3 Å². The highest BCUT2D eigenvalue weighted by molar-refractivity contribution is 6.01. The average Bonchev–Trinajstić information content (AvgIpc) is 2.93. The molecule has 2 rings (SSSR count). The highest BCUT2D eigenvalue weighted by atomic mass is 16.2. The zero-order valence-electron chi connectivity index (χ0n) is 11.1. The van der Waals surface area contributed by atoms with Crippen molar-refractivity contribution in [3.8, 4) is 0 Å². The van der Waals surface area contributed by atoms with Crippen LogP contribution in [0.15, 0.2) is 18.2 Å². The molecule has 0 unspecified atom stereocenters. The fourth-order valence-corrected chi connectivity index (χ4v) is 2.21. The Kier molecular flexibility index (Phi) is 4.04. The zero-order chi connectivity index (χ0) is 13.8. The maximum absolute atomic E-state index is 12.0. The second-order valence-corrected chi connectivity index (χ2v) is 4.81. The van der Waals surface area contributed by atoms with E-state index in [2.05, 4.69) is 5.32 Å². The number of hydrogen-bond acceptors (Lipinski definition) is 3. The molecule has 3 N–H and O–H groups in total. The summed E-state index contributed by atoms with van der Waals surface area (Å²) in [5.41, 5.74) is 7.61. The first-order chi connectivity index (χ1) is 9.09. The first kappa shape index (κ1) is 13.4. The molecule has 5 nitrogen and oxygen atoms in total. The largest absolute Gasteiger partial charge is 0.398 e. The number of rotatable bonds is 3. The van der Waals surface area contributed by atoms with Gasteiger partial charge in [-0.15, -0.1) is 0 Å². The predicted octanol–water partition coefficient (Wildman–Crippen LogP) is 0.929. The van der Waals surface area contributed by atoms with E-state index in [1.807, 2.05) is 13.0 Å². The van der Waals surface area contributed by atoms with Crippen molar-refractivity contribution in [3.63, 3.8) is 0 Å². The predicted molar refractivity (Wildman–Crippen MR) is 73.7 cm³/mol. The van der Waals surface area contributed by atoms with Gasteiger partial charge in [-0.1, -0.05) is 12.1 Å². The zero-order valence-corrected chi connectivity index (χ0v) is 11.1. The molecule has 1 heterocycles. The Labute approximate surface area is 112 Å². The number of carbonyl (C=O) groups is 2. The highest BCUT2D eigenvalue weighted by Crippen LogP contribution is 2.16. The van der Waals surface area contributed by atoms with Gasteiger partial charge in [-0.25, -0.2) is 0 Å². The van der Waals surface area contributed by atoms with Crippen LogP contribution >= 0.6 is 0 Å². The summed E-state index contributed by atoms with van der Waals surface area (Å²) in [5.74, 6) is -0.328. The fraction of sp³-hybridized carbons (Fsp3) is 0.429. The van der Waals surface area contributed by atoms with Crippen LogP contribution < -0.4 is 11.1 Å². The summed E-state index contributed by atoms with van der Waals surface area (Å²) in [7, 11) is 0. The standard InChI is InChI=1S/C14H19N3O2/c1-10-5-4-6-11(13(10)15)14(19)16-9-12(18)17-7-2-3-8-17/h4-6H,2-3,7-9,15H2,1H3,(H,16,19). The topological polar surface area (TPSA) is 75.4 Å². The summed E-state index contributed by atoms with van der Waals surface area (Å²) in [6.07, 6.45) is 2.09. The van der Waals surface area contributed by atoms with Crippen molar-refractivity contribution in [2.75, 3.05) is 25.4 Å². The molecule has 0 spiro atoms. The third-order valence-corrected chi connectivity index (χ3v) is 3.43. The summed E-state index contributed by atoms with van der Waals surface area (Å²) in [4.78, 5) is 25.6. The lowest BCUT2D eigenvalue weighted by atomic mass is 10.1. The van der Waals surface area contributed by atoms with Crippen molar-refractivity contribution in [1.82, 2.24) is 10.2 Å². The van der Waals surface area contributed by atoms with Crippen molar-refractivity contribution in [1.29, 1.82) is 0 Å². The lowest BCUT2D eigenvalue weighted by molar-refractivity contribution is -0.129. The van der Waals surface area contributed by atoms with Gasteiger partial charge in [0, 0.05) is 18.8 Å². The molecule has 1 aliphatic rings. The van der Waals surface area contributed by atoms with Crippen molar-refractivity contribution in [2.45, 2.75) is 19.8 Å². The summed E-state index contributed by atoms with van der Waals surface area (Å²) < 4.78 is 0. The Morgan fingerprint density at radius 1 is 1.32 bits per heavy atom. The Morgan fingerprint density at radius 2 is 2.00 bits per heavy atom. The minimum Gasteiger partial charge on any atom is -0.398 e. The van der Waals surface area contributed by atoms with E-state index in [1.54, 1.807) is 17.0 Å². The van der Waals surface area contributed by atoms with Crippen molar-refractivity contribution >= 4 is 17.5 Å². The van der Waals surface area contributed by atoms with Gasteiger partial charge in [-0.05, 0) is 31.4 Å². The van der Waals surface area contributed by atoms with Crippen LogP contribution in [0.2, 0.25) is 0 Å².